The van der Waals surface area contributed by atoms with Crippen LogP contribution < -0.4 is 26.9 Å². The summed E-state index contributed by atoms with van der Waals surface area (Å²) in [5.41, 5.74) is 2.33. The number of carbonyl (C=O) groups is 4. The Morgan fingerprint density at radius 2 is 1.81 bits per heavy atom. The van der Waals surface area contributed by atoms with Gasteiger partial charge >= 0.3 is 13.3 Å². The van der Waals surface area contributed by atoms with Gasteiger partial charge in [-0.2, -0.15) is 13.2 Å². The molecule has 11 nitrogen and oxygen atoms in total. The fourth-order valence-corrected chi connectivity index (χ4v) is 4.20. The maximum atomic E-state index is 13.1. The molecule has 15 heteroatoms. The van der Waals surface area contributed by atoms with E-state index >= 15 is 0 Å². The molecule has 1 unspecified atom stereocenters. The number of hydroxylamine groups is 1. The summed E-state index contributed by atoms with van der Waals surface area (Å²) in [6.07, 6.45) is -2.54. The lowest BCUT2D eigenvalue weighted by Gasteiger charge is -2.21. The number of rotatable bonds is 14. The summed E-state index contributed by atoms with van der Waals surface area (Å²) in [6, 6.07) is 8.54. The van der Waals surface area contributed by atoms with Gasteiger partial charge < -0.3 is 26.0 Å². The molecule has 6 N–H and O–H groups in total. The van der Waals surface area contributed by atoms with Crippen molar-refractivity contribution in [3.8, 4) is 0 Å². The van der Waals surface area contributed by atoms with Gasteiger partial charge in [-0.05, 0) is 48.5 Å². The van der Waals surface area contributed by atoms with Gasteiger partial charge in [-0.25, -0.2) is 5.48 Å². The van der Waals surface area contributed by atoms with E-state index in [4.69, 9.17) is 14.9 Å². The summed E-state index contributed by atoms with van der Waals surface area (Å²) in [7, 11) is -1.58. The van der Waals surface area contributed by atoms with Gasteiger partial charge in [0.05, 0.1) is 12.2 Å². The second-order valence-electron chi connectivity index (χ2n) is 9.82. The zero-order valence-corrected chi connectivity index (χ0v) is 22.6. The molecule has 4 amide bonds. The molecular formula is C27H32BF3N4O7. The van der Waals surface area contributed by atoms with Crippen LogP contribution in [0, 0.1) is 0 Å². The number of benzene rings is 2. The Bertz CT molecular complexity index is 1240. The number of anilines is 1. The van der Waals surface area contributed by atoms with Crippen molar-refractivity contribution >= 4 is 41.9 Å². The quantitative estimate of drug-likeness (QED) is 0.109. The number of alkyl halides is 3. The summed E-state index contributed by atoms with van der Waals surface area (Å²) in [6.45, 7) is 0.0668. The van der Waals surface area contributed by atoms with Crippen LogP contribution in [0.3, 0.4) is 0 Å². The first kappa shape index (κ1) is 32.6. The molecule has 1 heterocycles. The van der Waals surface area contributed by atoms with Crippen molar-refractivity contribution in [3.05, 3.63) is 59.7 Å². The fourth-order valence-electron chi connectivity index (χ4n) is 4.20. The minimum Gasteiger partial charge on any atom is -0.423 e. The Morgan fingerprint density at radius 1 is 1.07 bits per heavy atom. The van der Waals surface area contributed by atoms with Gasteiger partial charge in [-0.1, -0.05) is 43.2 Å². The molecule has 0 radical (unpaired) electrons. The van der Waals surface area contributed by atoms with Gasteiger partial charge in [0.15, 0.2) is 0 Å². The van der Waals surface area contributed by atoms with Gasteiger partial charge in [0.25, 0.3) is 0 Å². The number of carbonyl (C=O) groups excluding carboxylic acids is 4. The number of amides is 4. The molecule has 226 valence electrons. The van der Waals surface area contributed by atoms with Gasteiger partial charge in [0, 0.05) is 18.5 Å². The van der Waals surface area contributed by atoms with Gasteiger partial charge in [-0.15, -0.1) is 0 Å². The molecule has 1 aliphatic heterocycles. The van der Waals surface area contributed by atoms with E-state index in [9.17, 15) is 32.3 Å². The lowest BCUT2D eigenvalue weighted by Crippen LogP contribution is -2.50. The van der Waals surface area contributed by atoms with Crippen molar-refractivity contribution in [2.45, 2.75) is 69.8 Å². The normalized spacial score (nSPS) is 15.5. The smallest absolute Gasteiger partial charge is 0.423 e. The summed E-state index contributed by atoms with van der Waals surface area (Å²) in [5, 5.41) is 25.7. The second-order valence-corrected chi connectivity index (χ2v) is 9.82. The predicted molar refractivity (Wildman–Crippen MR) is 145 cm³/mol. The molecule has 0 bridgehead atoms. The average Bonchev–Trinajstić information content (AvgIpc) is 3.38. The molecule has 2 aromatic carbocycles. The average molecular weight is 592 g/mol. The zero-order valence-electron chi connectivity index (χ0n) is 22.6. The SMILES string of the molecule is O=C(CCCCC[C@H](NC(=O)C1CCC(=O)N1)C(=O)Nc1cccc(C(F)(F)F)c1)NOCc1ccc(B(O)O)cc1. The Kier molecular flexibility index (Phi) is 11.9. The number of halogens is 3. The van der Waals surface area contributed by atoms with E-state index in [1.54, 1.807) is 12.1 Å². The highest BCUT2D eigenvalue weighted by molar-refractivity contribution is 6.58. The molecular weight excluding hydrogens is 560 g/mol. The lowest BCUT2D eigenvalue weighted by atomic mass is 9.80. The van der Waals surface area contributed by atoms with Crippen LogP contribution in [-0.2, 0) is 36.8 Å². The first-order valence-electron chi connectivity index (χ1n) is 13.4. The highest BCUT2D eigenvalue weighted by Crippen LogP contribution is 2.30. The molecule has 3 rings (SSSR count). The molecule has 0 aliphatic carbocycles. The molecule has 2 atom stereocenters. The van der Waals surface area contributed by atoms with Crippen molar-refractivity contribution in [3.63, 3.8) is 0 Å². The van der Waals surface area contributed by atoms with E-state index in [1.165, 1.54) is 18.2 Å². The van der Waals surface area contributed by atoms with Crippen LogP contribution in [0.1, 0.15) is 56.1 Å². The van der Waals surface area contributed by atoms with Crippen molar-refractivity contribution in [1.82, 2.24) is 16.1 Å². The summed E-state index contributed by atoms with van der Waals surface area (Å²) in [5.74, 6) is -1.94. The number of nitrogens with one attached hydrogen (secondary N) is 4. The minimum absolute atomic E-state index is 0.0668. The number of hydrogen-bond donors (Lipinski definition) is 6. The second kappa shape index (κ2) is 15.3. The van der Waals surface area contributed by atoms with Crippen LogP contribution in [0.15, 0.2) is 48.5 Å². The van der Waals surface area contributed by atoms with Crippen LogP contribution in [0.4, 0.5) is 18.9 Å². The molecule has 1 saturated heterocycles. The van der Waals surface area contributed by atoms with E-state index in [-0.39, 0.29) is 49.8 Å². The maximum absolute atomic E-state index is 13.1. The Balaban J connectivity index is 1.46. The lowest BCUT2D eigenvalue weighted by molar-refractivity contribution is -0.137. The Labute approximate surface area is 240 Å². The van der Waals surface area contributed by atoms with Crippen molar-refractivity contribution in [2.24, 2.45) is 0 Å². The van der Waals surface area contributed by atoms with Gasteiger partial charge in [0.2, 0.25) is 23.6 Å². The third-order valence-electron chi connectivity index (χ3n) is 6.50. The molecule has 42 heavy (non-hydrogen) atoms. The molecule has 2 aromatic rings. The summed E-state index contributed by atoms with van der Waals surface area (Å²) < 4.78 is 39.2. The highest BCUT2D eigenvalue weighted by atomic mass is 19.4. The van der Waals surface area contributed by atoms with E-state index in [2.05, 4.69) is 21.4 Å². The van der Waals surface area contributed by atoms with Crippen molar-refractivity contribution < 1.29 is 47.2 Å². The van der Waals surface area contributed by atoms with Crippen LogP contribution in [0.5, 0.6) is 0 Å². The van der Waals surface area contributed by atoms with Crippen molar-refractivity contribution in [2.75, 3.05) is 5.32 Å². The summed E-state index contributed by atoms with van der Waals surface area (Å²) in [4.78, 5) is 54.3. The highest BCUT2D eigenvalue weighted by Gasteiger charge is 2.32. The van der Waals surface area contributed by atoms with Crippen LogP contribution in [0.25, 0.3) is 0 Å². The van der Waals surface area contributed by atoms with E-state index in [0.717, 1.165) is 18.2 Å². The van der Waals surface area contributed by atoms with Crippen molar-refractivity contribution in [1.29, 1.82) is 0 Å². The Morgan fingerprint density at radius 3 is 2.45 bits per heavy atom. The standard InChI is InChI=1S/C27H32BF3N4O7/c29-27(30,31)18-5-4-6-20(15-18)32-25(38)21(34-26(39)22-13-14-23(36)33-22)7-2-1-3-8-24(37)35-42-16-17-9-11-19(12-10-17)28(40)41/h4-6,9-12,15,21-22,40-41H,1-3,7-8,13-14,16H2,(H,32,38)(H,33,36)(H,34,39)(H,35,37)/t21-,22?/m0/s1. The minimum atomic E-state index is -4.59. The van der Waals surface area contributed by atoms with Gasteiger partial charge in [0.1, 0.15) is 12.1 Å². The number of unbranched alkanes of at least 4 members (excludes halogenated alkanes) is 2. The van der Waals surface area contributed by atoms with E-state index < -0.39 is 42.8 Å². The van der Waals surface area contributed by atoms with Crippen LogP contribution >= 0.6 is 0 Å². The Hall–Kier alpha value is -3.95. The third-order valence-corrected chi connectivity index (χ3v) is 6.50. The van der Waals surface area contributed by atoms with Crippen LogP contribution in [-0.4, -0.2) is 52.9 Å². The first-order valence-corrected chi connectivity index (χ1v) is 13.4. The summed E-state index contributed by atoms with van der Waals surface area (Å²) >= 11 is 0. The zero-order chi connectivity index (χ0) is 30.7. The third kappa shape index (κ3) is 10.5. The first-order chi connectivity index (χ1) is 19.9. The van der Waals surface area contributed by atoms with Crippen LogP contribution in [0.2, 0.25) is 0 Å². The van der Waals surface area contributed by atoms with E-state index in [0.29, 0.717) is 30.3 Å². The van der Waals surface area contributed by atoms with Gasteiger partial charge in [-0.3, -0.25) is 24.0 Å². The monoisotopic (exact) mass is 592 g/mol. The number of hydrogen-bond acceptors (Lipinski definition) is 7. The molecule has 0 saturated carbocycles. The topological polar surface area (TPSA) is 166 Å². The molecule has 1 fully saturated rings. The molecule has 0 spiro atoms. The predicted octanol–water partition coefficient (Wildman–Crippen LogP) is 1.29. The fraction of sp³-hybridized carbons (Fsp3) is 0.407. The maximum Gasteiger partial charge on any atom is 0.488 e. The molecule has 1 aliphatic rings. The molecule has 0 aromatic heterocycles. The van der Waals surface area contributed by atoms with E-state index in [1.807, 2.05) is 0 Å². The largest absolute Gasteiger partial charge is 0.488 e.